The van der Waals surface area contributed by atoms with Gasteiger partial charge >= 0.3 is 5.69 Å². The second-order valence-corrected chi connectivity index (χ2v) is 3.76. The number of hydrogen-bond acceptors (Lipinski definition) is 3. The standard InChI is InChI=1S/C9H8BrFN4O/c1-14-9(16)15(13-12-14)8-4-7(11)3-2-6(8)5-10/h2-4H,5H2,1H3. The van der Waals surface area contributed by atoms with Crippen molar-refractivity contribution >= 4 is 15.9 Å². The predicted octanol–water partition coefficient (Wildman–Crippen LogP) is 1.000. The fourth-order valence-corrected chi connectivity index (χ4v) is 1.79. The Morgan fingerprint density at radius 1 is 1.44 bits per heavy atom. The monoisotopic (exact) mass is 286 g/mol. The van der Waals surface area contributed by atoms with E-state index in [2.05, 4.69) is 26.4 Å². The lowest BCUT2D eigenvalue weighted by atomic mass is 10.2. The van der Waals surface area contributed by atoms with Gasteiger partial charge in [-0.2, -0.15) is 9.36 Å². The molecule has 0 amide bonds. The molecule has 16 heavy (non-hydrogen) atoms. The van der Waals surface area contributed by atoms with Gasteiger partial charge in [0.2, 0.25) is 0 Å². The zero-order valence-electron chi connectivity index (χ0n) is 8.39. The molecule has 0 aliphatic heterocycles. The smallest absolute Gasteiger partial charge is 0.244 e. The molecule has 0 spiro atoms. The van der Waals surface area contributed by atoms with Crippen LogP contribution < -0.4 is 5.69 Å². The number of halogens is 2. The highest BCUT2D eigenvalue weighted by Gasteiger charge is 2.11. The maximum absolute atomic E-state index is 13.1. The number of nitrogens with zero attached hydrogens (tertiary/aromatic N) is 4. The van der Waals surface area contributed by atoms with E-state index in [0.29, 0.717) is 11.0 Å². The van der Waals surface area contributed by atoms with Crippen LogP contribution in [-0.2, 0) is 12.4 Å². The van der Waals surface area contributed by atoms with E-state index in [-0.39, 0.29) is 0 Å². The van der Waals surface area contributed by atoms with Crippen molar-refractivity contribution in [2.24, 2.45) is 7.05 Å². The van der Waals surface area contributed by atoms with Crippen LogP contribution in [0.4, 0.5) is 4.39 Å². The topological polar surface area (TPSA) is 52.7 Å². The van der Waals surface area contributed by atoms with Gasteiger partial charge in [0.25, 0.3) is 0 Å². The first-order valence-corrected chi connectivity index (χ1v) is 5.59. The van der Waals surface area contributed by atoms with Gasteiger partial charge in [0.1, 0.15) is 5.82 Å². The summed E-state index contributed by atoms with van der Waals surface area (Å²) in [6.45, 7) is 0. The Kier molecular flexibility index (Phi) is 2.86. The molecule has 0 aliphatic carbocycles. The molecule has 2 rings (SSSR count). The van der Waals surface area contributed by atoms with Crippen molar-refractivity contribution in [2.45, 2.75) is 5.33 Å². The third-order valence-corrected chi connectivity index (χ3v) is 2.75. The van der Waals surface area contributed by atoms with Crippen LogP contribution in [0.25, 0.3) is 5.69 Å². The second kappa shape index (κ2) is 4.17. The van der Waals surface area contributed by atoms with Crippen molar-refractivity contribution in [2.75, 3.05) is 0 Å². The largest absolute Gasteiger partial charge is 0.368 e. The molecular weight excluding hydrogens is 279 g/mol. The molecule has 1 aromatic heterocycles. The van der Waals surface area contributed by atoms with Gasteiger partial charge in [-0.15, -0.1) is 0 Å². The lowest BCUT2D eigenvalue weighted by molar-refractivity contribution is 0.623. The van der Waals surface area contributed by atoms with Gasteiger partial charge in [0.15, 0.2) is 0 Å². The van der Waals surface area contributed by atoms with Gasteiger partial charge in [-0.3, -0.25) is 0 Å². The van der Waals surface area contributed by atoms with E-state index in [1.807, 2.05) is 0 Å². The molecule has 0 N–H and O–H groups in total. The summed E-state index contributed by atoms with van der Waals surface area (Å²) in [5, 5.41) is 7.75. The summed E-state index contributed by atoms with van der Waals surface area (Å²) in [6, 6.07) is 4.19. The van der Waals surface area contributed by atoms with Crippen LogP contribution in [0.5, 0.6) is 0 Å². The minimum atomic E-state index is -0.419. The summed E-state index contributed by atoms with van der Waals surface area (Å²) in [5.41, 5.74) is 0.756. The fourth-order valence-electron chi connectivity index (χ4n) is 1.31. The molecule has 0 atom stereocenters. The molecular formula is C9H8BrFN4O. The number of aromatic nitrogens is 4. The van der Waals surface area contributed by atoms with Crippen LogP contribution in [0.1, 0.15) is 5.56 Å². The first-order chi connectivity index (χ1) is 7.63. The van der Waals surface area contributed by atoms with Crippen LogP contribution in [0.15, 0.2) is 23.0 Å². The van der Waals surface area contributed by atoms with Gasteiger partial charge in [0, 0.05) is 18.4 Å². The Bertz CT molecular complexity index is 577. The van der Waals surface area contributed by atoms with Crippen molar-refractivity contribution in [3.8, 4) is 5.69 Å². The average molecular weight is 287 g/mol. The molecule has 7 heteroatoms. The van der Waals surface area contributed by atoms with Crippen molar-refractivity contribution in [3.05, 3.63) is 40.1 Å². The third kappa shape index (κ3) is 1.78. The summed E-state index contributed by atoms with van der Waals surface area (Å²) >= 11 is 3.27. The molecule has 84 valence electrons. The Morgan fingerprint density at radius 3 is 2.75 bits per heavy atom. The minimum Gasteiger partial charge on any atom is -0.244 e. The molecule has 0 fully saturated rings. The van der Waals surface area contributed by atoms with E-state index in [1.165, 1.54) is 19.2 Å². The Hall–Kier alpha value is -1.50. The normalized spacial score (nSPS) is 10.7. The maximum Gasteiger partial charge on any atom is 0.368 e. The van der Waals surface area contributed by atoms with Crippen LogP contribution in [-0.4, -0.2) is 19.8 Å². The highest BCUT2D eigenvalue weighted by Crippen LogP contribution is 2.16. The number of hydrogen-bond donors (Lipinski definition) is 0. The number of benzene rings is 1. The van der Waals surface area contributed by atoms with E-state index in [0.717, 1.165) is 14.9 Å². The van der Waals surface area contributed by atoms with Gasteiger partial charge < -0.3 is 0 Å². The van der Waals surface area contributed by atoms with Gasteiger partial charge in [-0.25, -0.2) is 9.18 Å². The zero-order valence-corrected chi connectivity index (χ0v) is 9.98. The van der Waals surface area contributed by atoms with Crippen LogP contribution in [0.3, 0.4) is 0 Å². The molecule has 0 saturated heterocycles. The Labute approximate surface area is 98.6 Å². The maximum atomic E-state index is 13.1. The molecule has 0 radical (unpaired) electrons. The average Bonchev–Trinajstić information content (AvgIpc) is 2.60. The van der Waals surface area contributed by atoms with Crippen molar-refractivity contribution in [1.29, 1.82) is 0 Å². The van der Waals surface area contributed by atoms with Crippen LogP contribution in [0, 0.1) is 5.82 Å². The van der Waals surface area contributed by atoms with Crippen molar-refractivity contribution in [3.63, 3.8) is 0 Å². The number of tetrazole rings is 1. The van der Waals surface area contributed by atoms with Crippen molar-refractivity contribution < 1.29 is 4.39 Å². The molecule has 1 aromatic carbocycles. The predicted molar refractivity (Wildman–Crippen MR) is 59.2 cm³/mol. The summed E-state index contributed by atoms with van der Waals surface area (Å²) in [7, 11) is 1.49. The summed E-state index contributed by atoms with van der Waals surface area (Å²) in [5.74, 6) is -0.419. The first kappa shape index (κ1) is 11.0. The Balaban J connectivity index is 2.67. The molecule has 0 aliphatic rings. The number of aryl methyl sites for hydroxylation is 1. The van der Waals surface area contributed by atoms with E-state index in [1.54, 1.807) is 6.07 Å². The van der Waals surface area contributed by atoms with E-state index >= 15 is 0 Å². The second-order valence-electron chi connectivity index (χ2n) is 3.20. The lowest BCUT2D eigenvalue weighted by Gasteiger charge is -2.04. The summed E-state index contributed by atoms with van der Waals surface area (Å²) in [6.07, 6.45) is 0. The highest BCUT2D eigenvalue weighted by molar-refractivity contribution is 9.08. The highest BCUT2D eigenvalue weighted by atomic mass is 79.9. The SMILES string of the molecule is Cn1nnn(-c2cc(F)ccc2CBr)c1=O. The molecule has 0 saturated carbocycles. The molecule has 0 unspecified atom stereocenters. The molecule has 1 heterocycles. The van der Waals surface area contributed by atoms with Gasteiger partial charge in [-0.1, -0.05) is 22.0 Å². The number of alkyl halides is 1. The van der Waals surface area contributed by atoms with E-state index in [9.17, 15) is 9.18 Å². The van der Waals surface area contributed by atoms with Crippen LogP contribution >= 0.6 is 15.9 Å². The lowest BCUT2D eigenvalue weighted by Crippen LogP contribution is -2.22. The Morgan fingerprint density at radius 2 is 2.19 bits per heavy atom. The minimum absolute atomic E-state index is 0.398. The van der Waals surface area contributed by atoms with Gasteiger partial charge in [0.05, 0.1) is 5.69 Å². The number of rotatable bonds is 2. The molecule has 5 nitrogen and oxygen atoms in total. The van der Waals surface area contributed by atoms with Crippen molar-refractivity contribution in [1.82, 2.24) is 19.8 Å². The third-order valence-electron chi connectivity index (χ3n) is 2.14. The fraction of sp³-hybridized carbons (Fsp3) is 0.222. The first-order valence-electron chi connectivity index (χ1n) is 4.47. The van der Waals surface area contributed by atoms with E-state index in [4.69, 9.17) is 0 Å². The quantitative estimate of drug-likeness (QED) is 0.774. The van der Waals surface area contributed by atoms with Gasteiger partial charge in [-0.05, 0) is 22.1 Å². The zero-order chi connectivity index (χ0) is 11.7. The van der Waals surface area contributed by atoms with E-state index < -0.39 is 11.5 Å². The van der Waals surface area contributed by atoms with Crippen LogP contribution in [0.2, 0.25) is 0 Å². The summed E-state index contributed by atoms with van der Waals surface area (Å²) in [4.78, 5) is 11.6. The molecule has 2 aromatic rings. The summed E-state index contributed by atoms with van der Waals surface area (Å²) < 4.78 is 15.3. The molecule has 0 bridgehead atoms.